The smallest absolute Gasteiger partial charge is 0.142 e. The molecule has 9 heteroatoms. The predicted octanol–water partition coefficient (Wildman–Crippen LogP) is 5.51. The maximum atomic E-state index is 6.30. The molecule has 0 bridgehead atoms. The summed E-state index contributed by atoms with van der Waals surface area (Å²) in [6.45, 7) is 0.561. The van der Waals surface area contributed by atoms with Gasteiger partial charge in [-0.15, -0.1) is 0 Å². The highest BCUT2D eigenvalue weighted by atomic mass is 35.5. The molecule has 0 saturated carbocycles. The second-order valence-electron chi connectivity index (χ2n) is 5.28. The van der Waals surface area contributed by atoms with Crippen molar-refractivity contribution in [2.75, 3.05) is 0 Å². The third-order valence-electron chi connectivity index (χ3n) is 3.41. The first-order valence-electron chi connectivity index (χ1n) is 7.43. The van der Waals surface area contributed by atoms with Gasteiger partial charge in [-0.05, 0) is 35.9 Å². The summed E-state index contributed by atoms with van der Waals surface area (Å²) in [5.41, 5.74) is 2.11. The average Bonchev–Trinajstić information content (AvgIpc) is 3.10. The number of rotatable bonds is 6. The number of oxime groups is 1. The van der Waals surface area contributed by atoms with Crippen LogP contribution in [0, 0.1) is 0 Å². The van der Waals surface area contributed by atoms with Gasteiger partial charge in [0.2, 0.25) is 0 Å². The van der Waals surface area contributed by atoms with Crippen LogP contribution in [0.4, 0.5) is 0 Å². The van der Waals surface area contributed by atoms with Crippen LogP contribution in [0.1, 0.15) is 11.1 Å². The van der Waals surface area contributed by atoms with Crippen LogP contribution in [0.25, 0.3) is 0 Å². The molecule has 134 valence electrons. The molecule has 0 unspecified atom stereocenters. The van der Waals surface area contributed by atoms with Gasteiger partial charge in [-0.25, -0.2) is 9.67 Å². The maximum absolute atomic E-state index is 6.30. The molecule has 0 saturated heterocycles. The predicted molar refractivity (Wildman–Crippen MR) is 104 cm³/mol. The lowest BCUT2D eigenvalue weighted by molar-refractivity contribution is 0.130. The lowest BCUT2D eigenvalue weighted by atomic mass is 10.1. The summed E-state index contributed by atoms with van der Waals surface area (Å²) in [5, 5.41) is 10.3. The highest BCUT2D eigenvalue weighted by molar-refractivity contribution is 6.42. The zero-order chi connectivity index (χ0) is 18.5. The van der Waals surface area contributed by atoms with Crippen molar-refractivity contribution in [3.8, 4) is 0 Å². The minimum Gasteiger partial charge on any atom is -0.391 e. The van der Waals surface area contributed by atoms with Gasteiger partial charge in [0.05, 0.1) is 21.6 Å². The molecule has 0 fully saturated rings. The molecule has 3 rings (SSSR count). The summed E-state index contributed by atoms with van der Waals surface area (Å²) >= 11 is 24.2. The first-order chi connectivity index (χ1) is 12.5. The average molecular weight is 430 g/mol. The zero-order valence-electron chi connectivity index (χ0n) is 13.2. The summed E-state index contributed by atoms with van der Waals surface area (Å²) < 4.78 is 1.62. The Kier molecular flexibility index (Phi) is 6.38. The van der Waals surface area contributed by atoms with E-state index in [9.17, 15) is 0 Å². The zero-order valence-corrected chi connectivity index (χ0v) is 16.3. The second-order valence-corrected chi connectivity index (χ2v) is 6.94. The van der Waals surface area contributed by atoms with E-state index in [1.807, 2.05) is 6.07 Å². The molecule has 5 nitrogen and oxygen atoms in total. The summed E-state index contributed by atoms with van der Waals surface area (Å²) in [5.74, 6) is 0. The highest BCUT2D eigenvalue weighted by Gasteiger charge is 2.12. The SMILES string of the molecule is Clc1ccc(C(Cn2cncn2)=NOCc2ccc(Cl)c(Cl)c2)c(Cl)c1. The van der Waals surface area contributed by atoms with Gasteiger partial charge in [0.25, 0.3) is 0 Å². The molecule has 0 aliphatic rings. The van der Waals surface area contributed by atoms with Gasteiger partial charge in [0.15, 0.2) is 0 Å². The Balaban J connectivity index is 1.82. The lowest BCUT2D eigenvalue weighted by Gasteiger charge is -2.10. The lowest BCUT2D eigenvalue weighted by Crippen LogP contribution is -2.13. The van der Waals surface area contributed by atoms with E-state index in [4.69, 9.17) is 51.2 Å². The van der Waals surface area contributed by atoms with Crippen molar-refractivity contribution in [1.82, 2.24) is 14.8 Å². The number of halogens is 4. The van der Waals surface area contributed by atoms with E-state index in [0.717, 1.165) is 5.56 Å². The van der Waals surface area contributed by atoms with Crippen molar-refractivity contribution in [2.45, 2.75) is 13.2 Å². The molecule has 3 aromatic rings. The number of aromatic nitrogens is 3. The minimum atomic E-state index is 0.225. The van der Waals surface area contributed by atoms with Crippen LogP contribution in [0.5, 0.6) is 0 Å². The highest BCUT2D eigenvalue weighted by Crippen LogP contribution is 2.24. The monoisotopic (exact) mass is 428 g/mol. The van der Waals surface area contributed by atoms with Crippen molar-refractivity contribution >= 4 is 52.1 Å². The largest absolute Gasteiger partial charge is 0.391 e. The van der Waals surface area contributed by atoms with Gasteiger partial charge in [-0.2, -0.15) is 5.10 Å². The summed E-state index contributed by atoms with van der Waals surface area (Å²) in [4.78, 5) is 9.42. The number of hydrogen-bond donors (Lipinski definition) is 0. The molecule has 0 N–H and O–H groups in total. The standard InChI is InChI=1S/C17H12Cl4N4O/c18-12-2-3-13(15(20)6-12)17(7-25-10-22-9-23-25)24-26-8-11-1-4-14(19)16(21)5-11/h1-6,9-10H,7-8H2. The fourth-order valence-corrected chi connectivity index (χ4v) is 3.01. The van der Waals surface area contributed by atoms with Crippen LogP contribution in [0.15, 0.2) is 54.2 Å². The van der Waals surface area contributed by atoms with E-state index in [2.05, 4.69) is 15.2 Å². The summed E-state index contributed by atoms with van der Waals surface area (Å²) in [6.07, 6.45) is 3.02. The Morgan fingerprint density at radius 3 is 2.54 bits per heavy atom. The third kappa shape index (κ3) is 4.89. The molecular weight excluding hydrogens is 418 g/mol. The van der Waals surface area contributed by atoms with Crippen molar-refractivity contribution < 1.29 is 4.84 Å². The van der Waals surface area contributed by atoms with Gasteiger partial charge in [-0.3, -0.25) is 0 Å². The Morgan fingerprint density at radius 2 is 1.85 bits per heavy atom. The minimum absolute atomic E-state index is 0.225. The van der Waals surface area contributed by atoms with Crippen LogP contribution in [0.3, 0.4) is 0 Å². The molecule has 1 heterocycles. The quantitative estimate of drug-likeness (QED) is 0.383. The first-order valence-corrected chi connectivity index (χ1v) is 8.94. The molecule has 0 spiro atoms. The second kappa shape index (κ2) is 8.73. The number of benzene rings is 2. The third-order valence-corrected chi connectivity index (χ3v) is 4.70. The van der Waals surface area contributed by atoms with E-state index in [1.165, 1.54) is 6.33 Å². The van der Waals surface area contributed by atoms with Crippen molar-refractivity contribution in [1.29, 1.82) is 0 Å². The molecule has 2 aromatic carbocycles. The van der Waals surface area contributed by atoms with Gasteiger partial charge in [-0.1, -0.05) is 57.6 Å². The van der Waals surface area contributed by atoms with Gasteiger partial charge >= 0.3 is 0 Å². The van der Waals surface area contributed by atoms with Gasteiger partial charge < -0.3 is 4.84 Å². The van der Waals surface area contributed by atoms with Crippen LogP contribution >= 0.6 is 46.4 Å². The molecule has 0 amide bonds. The molecule has 26 heavy (non-hydrogen) atoms. The van der Waals surface area contributed by atoms with Crippen molar-refractivity contribution in [2.24, 2.45) is 5.16 Å². The van der Waals surface area contributed by atoms with Crippen molar-refractivity contribution in [3.63, 3.8) is 0 Å². The normalized spacial score (nSPS) is 11.6. The van der Waals surface area contributed by atoms with E-state index < -0.39 is 0 Å². The Hall–Kier alpha value is -1.79. The maximum Gasteiger partial charge on any atom is 0.142 e. The van der Waals surface area contributed by atoms with E-state index in [-0.39, 0.29) is 6.61 Å². The number of nitrogens with zero attached hydrogens (tertiary/aromatic N) is 4. The molecular formula is C17H12Cl4N4O. The number of hydrogen-bond acceptors (Lipinski definition) is 4. The summed E-state index contributed by atoms with van der Waals surface area (Å²) in [7, 11) is 0. The first kappa shape index (κ1) is 19.0. The van der Waals surface area contributed by atoms with E-state index in [1.54, 1.807) is 41.3 Å². The fraction of sp³-hybridized carbons (Fsp3) is 0.118. The van der Waals surface area contributed by atoms with Crippen LogP contribution in [-0.2, 0) is 18.0 Å². The molecule has 0 aliphatic heterocycles. The Labute approximate surface area is 170 Å². The molecule has 0 atom stereocenters. The summed E-state index contributed by atoms with van der Waals surface area (Å²) in [6, 6.07) is 10.4. The topological polar surface area (TPSA) is 52.3 Å². The van der Waals surface area contributed by atoms with Gasteiger partial charge in [0.1, 0.15) is 25.0 Å². The van der Waals surface area contributed by atoms with Crippen LogP contribution < -0.4 is 0 Å². The fourth-order valence-electron chi connectivity index (χ4n) is 2.17. The molecule has 0 aliphatic carbocycles. The van der Waals surface area contributed by atoms with Crippen molar-refractivity contribution in [3.05, 3.63) is 80.3 Å². The Bertz CT molecular complexity index is 929. The van der Waals surface area contributed by atoms with Crippen LogP contribution in [0.2, 0.25) is 20.1 Å². The molecule has 0 radical (unpaired) electrons. The van der Waals surface area contributed by atoms with Gasteiger partial charge in [0, 0.05) is 10.6 Å². The van der Waals surface area contributed by atoms with E-state index >= 15 is 0 Å². The van der Waals surface area contributed by atoms with Crippen LogP contribution in [-0.4, -0.2) is 20.5 Å². The molecule has 1 aromatic heterocycles. The van der Waals surface area contributed by atoms with E-state index in [0.29, 0.717) is 37.9 Å². The Morgan fingerprint density at radius 1 is 1.00 bits per heavy atom.